The van der Waals surface area contributed by atoms with Gasteiger partial charge in [0, 0.05) is 12.1 Å². The molecule has 0 spiro atoms. The molecule has 26 heavy (non-hydrogen) atoms. The lowest BCUT2D eigenvalue weighted by Crippen LogP contribution is -2.23. The average molecular weight is 363 g/mol. The third-order valence-electron chi connectivity index (χ3n) is 3.91. The number of nitrogens with one attached hydrogen (secondary N) is 1. The van der Waals surface area contributed by atoms with Crippen molar-refractivity contribution in [3.05, 3.63) is 59.2 Å². The van der Waals surface area contributed by atoms with E-state index < -0.39 is 6.61 Å². The topological polar surface area (TPSA) is 47.6 Å². The minimum absolute atomic E-state index is 0.0214. The van der Waals surface area contributed by atoms with Crippen molar-refractivity contribution in [2.75, 3.05) is 7.11 Å². The van der Waals surface area contributed by atoms with Crippen LogP contribution in [-0.2, 0) is 12.0 Å². The summed E-state index contributed by atoms with van der Waals surface area (Å²) in [6.07, 6.45) is 0. The zero-order chi connectivity index (χ0) is 19.3. The molecule has 4 nitrogen and oxygen atoms in total. The first-order valence-corrected chi connectivity index (χ1v) is 8.21. The maximum atomic E-state index is 12.3. The minimum Gasteiger partial charge on any atom is -0.493 e. The fraction of sp³-hybridized carbons (Fsp3) is 0.350. The molecule has 0 fully saturated rings. The van der Waals surface area contributed by atoms with Gasteiger partial charge in [0.1, 0.15) is 0 Å². The Morgan fingerprint density at radius 2 is 1.73 bits per heavy atom. The number of rotatable bonds is 6. The van der Waals surface area contributed by atoms with Gasteiger partial charge in [0.2, 0.25) is 0 Å². The molecule has 0 aromatic heterocycles. The van der Waals surface area contributed by atoms with Gasteiger partial charge >= 0.3 is 6.61 Å². The van der Waals surface area contributed by atoms with Gasteiger partial charge < -0.3 is 14.8 Å². The highest BCUT2D eigenvalue weighted by atomic mass is 19.3. The molecule has 0 heterocycles. The number of hydrogen-bond acceptors (Lipinski definition) is 3. The van der Waals surface area contributed by atoms with E-state index in [0.717, 1.165) is 5.56 Å². The van der Waals surface area contributed by atoms with Crippen LogP contribution in [0.4, 0.5) is 8.78 Å². The van der Waals surface area contributed by atoms with E-state index in [-0.39, 0.29) is 29.4 Å². The molecule has 2 aromatic carbocycles. The average Bonchev–Trinajstić information content (AvgIpc) is 2.59. The van der Waals surface area contributed by atoms with Gasteiger partial charge in [0.25, 0.3) is 5.91 Å². The fourth-order valence-electron chi connectivity index (χ4n) is 2.42. The summed E-state index contributed by atoms with van der Waals surface area (Å²) in [4.78, 5) is 12.3. The van der Waals surface area contributed by atoms with Crippen LogP contribution >= 0.6 is 0 Å². The highest BCUT2D eigenvalue weighted by molar-refractivity contribution is 5.94. The number of carbonyl (C=O) groups excluding carboxylic acids is 1. The first kappa shape index (κ1) is 19.7. The normalized spacial score (nSPS) is 11.3. The highest BCUT2D eigenvalue weighted by Crippen LogP contribution is 2.29. The summed E-state index contributed by atoms with van der Waals surface area (Å²) in [5, 5.41) is 2.80. The lowest BCUT2D eigenvalue weighted by molar-refractivity contribution is -0.0512. The molecule has 0 radical (unpaired) electrons. The number of hydrogen-bond donors (Lipinski definition) is 1. The van der Waals surface area contributed by atoms with Gasteiger partial charge in [-0.25, -0.2) is 0 Å². The molecule has 6 heteroatoms. The van der Waals surface area contributed by atoms with E-state index in [2.05, 4.69) is 30.8 Å². The Balaban J connectivity index is 2.02. The van der Waals surface area contributed by atoms with Crippen LogP contribution in [0.25, 0.3) is 0 Å². The summed E-state index contributed by atoms with van der Waals surface area (Å²) < 4.78 is 34.1. The molecule has 0 bridgehead atoms. The summed E-state index contributed by atoms with van der Waals surface area (Å²) in [5.41, 5.74) is 2.44. The fourth-order valence-corrected chi connectivity index (χ4v) is 2.42. The smallest absolute Gasteiger partial charge is 0.387 e. The van der Waals surface area contributed by atoms with Crippen molar-refractivity contribution in [1.82, 2.24) is 5.32 Å². The van der Waals surface area contributed by atoms with Gasteiger partial charge in [-0.2, -0.15) is 8.78 Å². The molecule has 1 amide bonds. The molecule has 0 atom stereocenters. The van der Waals surface area contributed by atoms with E-state index in [0.29, 0.717) is 11.1 Å². The number of amides is 1. The molecule has 0 aliphatic heterocycles. The first-order valence-electron chi connectivity index (χ1n) is 8.21. The number of methoxy groups -OCH3 is 1. The second kappa shape index (κ2) is 8.17. The zero-order valence-corrected chi connectivity index (χ0v) is 15.3. The van der Waals surface area contributed by atoms with E-state index in [1.807, 2.05) is 12.1 Å². The van der Waals surface area contributed by atoms with Gasteiger partial charge in [-0.15, -0.1) is 0 Å². The van der Waals surface area contributed by atoms with Crippen molar-refractivity contribution in [3.63, 3.8) is 0 Å². The van der Waals surface area contributed by atoms with Crippen LogP contribution in [0.3, 0.4) is 0 Å². The quantitative estimate of drug-likeness (QED) is 0.821. The lowest BCUT2D eigenvalue weighted by Gasteiger charge is -2.19. The molecule has 0 unspecified atom stereocenters. The Kier molecular flexibility index (Phi) is 6.18. The van der Waals surface area contributed by atoms with Gasteiger partial charge in [-0.1, -0.05) is 39.0 Å². The summed E-state index contributed by atoms with van der Waals surface area (Å²) in [6.45, 7) is 3.64. The van der Waals surface area contributed by atoms with Crippen LogP contribution in [0.2, 0.25) is 0 Å². The van der Waals surface area contributed by atoms with Gasteiger partial charge in [0.15, 0.2) is 11.5 Å². The van der Waals surface area contributed by atoms with Crippen molar-refractivity contribution in [1.29, 1.82) is 0 Å². The third kappa shape index (κ3) is 5.18. The lowest BCUT2D eigenvalue weighted by atomic mass is 9.87. The van der Waals surface area contributed by atoms with Crippen molar-refractivity contribution in [3.8, 4) is 11.5 Å². The Morgan fingerprint density at radius 1 is 1.08 bits per heavy atom. The largest absolute Gasteiger partial charge is 0.493 e. The number of benzene rings is 2. The highest BCUT2D eigenvalue weighted by Gasteiger charge is 2.15. The van der Waals surface area contributed by atoms with E-state index in [9.17, 15) is 13.6 Å². The van der Waals surface area contributed by atoms with Crippen molar-refractivity contribution in [2.24, 2.45) is 0 Å². The predicted molar refractivity (Wildman–Crippen MR) is 95.9 cm³/mol. The molecular formula is C20H23F2NO3. The second-order valence-electron chi connectivity index (χ2n) is 6.87. The number of halogens is 2. The van der Waals surface area contributed by atoms with Gasteiger partial charge in [-0.05, 0) is 40.8 Å². The molecule has 1 N–H and O–H groups in total. The Labute approximate surface area is 152 Å². The molecule has 0 aliphatic rings. The van der Waals surface area contributed by atoms with Crippen molar-refractivity contribution in [2.45, 2.75) is 39.3 Å². The predicted octanol–water partition coefficient (Wildman–Crippen LogP) is 4.52. The number of carbonyl (C=O) groups is 1. The molecule has 2 aromatic rings. The summed E-state index contributed by atoms with van der Waals surface area (Å²) >= 11 is 0. The Morgan fingerprint density at radius 3 is 2.27 bits per heavy atom. The number of ether oxygens (including phenoxy) is 2. The van der Waals surface area contributed by atoms with Crippen LogP contribution in [0, 0.1) is 0 Å². The Hall–Kier alpha value is -2.63. The maximum absolute atomic E-state index is 12.3. The van der Waals surface area contributed by atoms with E-state index in [4.69, 9.17) is 4.74 Å². The summed E-state index contributed by atoms with van der Waals surface area (Å²) in [6, 6.07) is 12.0. The van der Waals surface area contributed by atoms with Crippen LogP contribution in [-0.4, -0.2) is 19.6 Å². The van der Waals surface area contributed by atoms with E-state index in [1.54, 1.807) is 24.3 Å². The monoisotopic (exact) mass is 363 g/mol. The number of alkyl halides is 2. The van der Waals surface area contributed by atoms with Crippen LogP contribution in [0.1, 0.15) is 42.3 Å². The van der Waals surface area contributed by atoms with Crippen LogP contribution in [0.15, 0.2) is 42.5 Å². The first-order chi connectivity index (χ1) is 12.2. The molecule has 140 valence electrons. The van der Waals surface area contributed by atoms with Crippen molar-refractivity contribution < 1.29 is 23.0 Å². The third-order valence-corrected chi connectivity index (χ3v) is 3.91. The molecule has 0 saturated heterocycles. The molecule has 2 rings (SSSR count). The van der Waals surface area contributed by atoms with Gasteiger partial charge in [-0.3, -0.25) is 4.79 Å². The van der Waals surface area contributed by atoms with Crippen LogP contribution in [0.5, 0.6) is 11.5 Å². The molecule has 0 aliphatic carbocycles. The minimum atomic E-state index is -2.93. The molecule has 0 saturated carbocycles. The van der Waals surface area contributed by atoms with Crippen LogP contribution < -0.4 is 14.8 Å². The molecular weight excluding hydrogens is 340 g/mol. The standard InChI is InChI=1S/C20H23F2NO3/c1-20(2,3)15-8-6-14(7-9-15)18(24)23-12-13-5-10-16(26-19(21)22)17(11-13)25-4/h5-11,19H,12H2,1-4H3,(H,23,24). The maximum Gasteiger partial charge on any atom is 0.387 e. The zero-order valence-electron chi connectivity index (χ0n) is 15.3. The Bertz CT molecular complexity index is 753. The van der Waals surface area contributed by atoms with Crippen molar-refractivity contribution >= 4 is 5.91 Å². The van der Waals surface area contributed by atoms with Gasteiger partial charge in [0.05, 0.1) is 7.11 Å². The van der Waals surface area contributed by atoms with E-state index >= 15 is 0 Å². The van der Waals surface area contributed by atoms with E-state index in [1.165, 1.54) is 13.2 Å². The summed E-state index contributed by atoms with van der Waals surface area (Å²) in [7, 11) is 1.37. The second-order valence-corrected chi connectivity index (χ2v) is 6.87. The summed E-state index contributed by atoms with van der Waals surface area (Å²) in [5.74, 6) is -0.0701. The SMILES string of the molecule is COc1cc(CNC(=O)c2ccc(C(C)(C)C)cc2)ccc1OC(F)F.